The predicted molar refractivity (Wildman–Crippen MR) is 106 cm³/mol. The average molecular weight is 376 g/mol. The second-order valence-electron chi connectivity index (χ2n) is 7.03. The Morgan fingerprint density at radius 1 is 1.11 bits per heavy atom. The molecule has 1 fully saturated rings. The van der Waals surface area contributed by atoms with Crippen LogP contribution in [0.25, 0.3) is 0 Å². The number of hydrogen-bond donors (Lipinski definition) is 1. The number of ether oxygens (including phenoxy) is 2. The normalized spacial score (nSPS) is 15.3. The van der Waals surface area contributed by atoms with Crippen LogP contribution in [0.15, 0.2) is 24.3 Å². The maximum atomic E-state index is 12.2. The Morgan fingerprint density at radius 2 is 1.81 bits per heavy atom. The molecule has 1 aromatic rings. The lowest BCUT2D eigenvalue weighted by Crippen LogP contribution is -2.35. The molecule has 0 spiro atoms. The maximum Gasteiger partial charge on any atom is 0.338 e. The molecule has 27 heavy (non-hydrogen) atoms. The molecule has 0 aliphatic carbocycles. The average Bonchev–Trinajstić information content (AvgIpc) is 2.67. The Morgan fingerprint density at radius 3 is 2.48 bits per heavy atom. The van der Waals surface area contributed by atoms with E-state index in [0.717, 1.165) is 57.4 Å². The third-order valence-electron chi connectivity index (χ3n) is 4.75. The summed E-state index contributed by atoms with van der Waals surface area (Å²) in [6, 6.07) is 7.43. The fraction of sp³-hybridized carbons (Fsp3) is 0.619. The lowest BCUT2D eigenvalue weighted by atomic mass is 10.1. The molecule has 150 valence electrons. The summed E-state index contributed by atoms with van der Waals surface area (Å²) >= 11 is 0. The summed E-state index contributed by atoms with van der Waals surface area (Å²) in [7, 11) is 2.09. The molecule has 1 saturated heterocycles. The third-order valence-corrected chi connectivity index (χ3v) is 4.75. The van der Waals surface area contributed by atoms with E-state index in [-0.39, 0.29) is 18.0 Å². The van der Waals surface area contributed by atoms with E-state index in [1.165, 1.54) is 0 Å². The second kappa shape index (κ2) is 11.6. The van der Waals surface area contributed by atoms with Crippen molar-refractivity contribution in [3.8, 4) is 0 Å². The van der Waals surface area contributed by atoms with Crippen LogP contribution in [0.4, 0.5) is 5.69 Å². The number of rotatable bonds is 10. The molecule has 0 bridgehead atoms. The van der Waals surface area contributed by atoms with E-state index in [1.807, 2.05) is 19.1 Å². The first kappa shape index (κ1) is 21.2. The first-order valence-electron chi connectivity index (χ1n) is 9.97. The Labute approximate surface area is 162 Å². The van der Waals surface area contributed by atoms with Gasteiger partial charge in [0.05, 0.1) is 12.2 Å². The summed E-state index contributed by atoms with van der Waals surface area (Å²) < 4.78 is 10.5. The van der Waals surface area contributed by atoms with E-state index in [1.54, 1.807) is 12.1 Å². The topological polar surface area (TPSA) is 67.9 Å². The zero-order valence-electron chi connectivity index (χ0n) is 16.5. The zero-order chi connectivity index (χ0) is 19.5. The van der Waals surface area contributed by atoms with Crippen molar-refractivity contribution < 1.29 is 19.1 Å². The number of nitrogens with zero attached hydrogens (tertiary/aromatic N) is 1. The molecule has 0 unspecified atom stereocenters. The van der Waals surface area contributed by atoms with Gasteiger partial charge in [-0.1, -0.05) is 6.42 Å². The zero-order valence-corrected chi connectivity index (χ0v) is 16.5. The highest BCUT2D eigenvalue weighted by Gasteiger charge is 2.20. The van der Waals surface area contributed by atoms with Gasteiger partial charge in [0.2, 0.25) is 0 Å². The smallest absolute Gasteiger partial charge is 0.338 e. The lowest BCUT2D eigenvalue weighted by Gasteiger charge is -2.28. The minimum absolute atomic E-state index is 0.0288. The number of piperidine rings is 1. The van der Waals surface area contributed by atoms with Gasteiger partial charge in [-0.05, 0) is 63.9 Å². The minimum atomic E-state index is -0.241. The summed E-state index contributed by atoms with van der Waals surface area (Å²) in [4.78, 5) is 25.7. The fourth-order valence-corrected chi connectivity index (χ4v) is 3.08. The van der Waals surface area contributed by atoms with Crippen molar-refractivity contribution in [2.45, 2.75) is 51.6 Å². The van der Waals surface area contributed by atoms with Gasteiger partial charge < -0.3 is 19.7 Å². The highest BCUT2D eigenvalue weighted by molar-refractivity contribution is 5.89. The van der Waals surface area contributed by atoms with Gasteiger partial charge in [0.15, 0.2) is 0 Å². The maximum absolute atomic E-state index is 12.2. The minimum Gasteiger partial charge on any atom is -0.466 e. The van der Waals surface area contributed by atoms with Gasteiger partial charge in [0.25, 0.3) is 0 Å². The van der Waals surface area contributed by atoms with Crippen LogP contribution < -0.4 is 5.32 Å². The van der Waals surface area contributed by atoms with Crippen LogP contribution in [0, 0.1) is 0 Å². The number of esters is 2. The largest absolute Gasteiger partial charge is 0.466 e. The quantitative estimate of drug-likeness (QED) is 0.498. The first-order valence-corrected chi connectivity index (χ1v) is 9.97. The monoisotopic (exact) mass is 376 g/mol. The highest BCUT2D eigenvalue weighted by Crippen LogP contribution is 2.16. The van der Waals surface area contributed by atoms with Gasteiger partial charge in [0.1, 0.15) is 6.10 Å². The van der Waals surface area contributed by atoms with Crippen LogP contribution in [0.3, 0.4) is 0 Å². The molecule has 6 heteroatoms. The summed E-state index contributed by atoms with van der Waals surface area (Å²) in [6.07, 6.45) is 5.13. The van der Waals surface area contributed by atoms with Gasteiger partial charge in [-0.25, -0.2) is 4.79 Å². The molecule has 1 aliphatic heterocycles. The molecule has 1 aromatic carbocycles. The van der Waals surface area contributed by atoms with Crippen molar-refractivity contribution in [3.05, 3.63) is 29.8 Å². The Balaban J connectivity index is 1.63. The summed E-state index contributed by atoms with van der Waals surface area (Å²) in [5.74, 6) is -0.358. The van der Waals surface area contributed by atoms with Crippen molar-refractivity contribution in [1.29, 1.82) is 0 Å². The van der Waals surface area contributed by atoms with Gasteiger partial charge in [-0.3, -0.25) is 4.79 Å². The van der Waals surface area contributed by atoms with E-state index in [4.69, 9.17) is 9.47 Å². The summed E-state index contributed by atoms with van der Waals surface area (Å²) in [6.45, 7) is 5.05. The van der Waals surface area contributed by atoms with E-state index in [0.29, 0.717) is 18.6 Å². The predicted octanol–water partition coefficient (Wildman–Crippen LogP) is 3.47. The molecule has 1 N–H and O–H groups in total. The van der Waals surface area contributed by atoms with Crippen molar-refractivity contribution >= 4 is 17.6 Å². The van der Waals surface area contributed by atoms with Crippen LogP contribution in [0.5, 0.6) is 0 Å². The molecule has 0 aromatic heterocycles. The number of hydrogen-bond acceptors (Lipinski definition) is 6. The van der Waals surface area contributed by atoms with E-state index in [2.05, 4.69) is 17.3 Å². The van der Waals surface area contributed by atoms with E-state index < -0.39 is 0 Å². The number of carbonyl (C=O) groups excluding carboxylic acids is 2. The van der Waals surface area contributed by atoms with Crippen LogP contribution >= 0.6 is 0 Å². The fourth-order valence-electron chi connectivity index (χ4n) is 3.08. The Hall–Kier alpha value is -2.08. The SMILES string of the molecule is CCOC(=O)CCCCCNc1ccc(C(=O)OC2CCN(C)CC2)cc1. The number of carbonyl (C=O) groups is 2. The molecule has 0 amide bonds. The Kier molecular flexibility index (Phi) is 9.11. The Bertz CT molecular complexity index is 580. The van der Waals surface area contributed by atoms with Gasteiger partial charge in [0, 0.05) is 31.7 Å². The highest BCUT2D eigenvalue weighted by atomic mass is 16.5. The van der Waals surface area contributed by atoms with Gasteiger partial charge in [-0.15, -0.1) is 0 Å². The summed E-state index contributed by atoms with van der Waals surface area (Å²) in [5, 5.41) is 3.34. The van der Waals surface area contributed by atoms with E-state index in [9.17, 15) is 9.59 Å². The van der Waals surface area contributed by atoms with Crippen LogP contribution in [-0.2, 0) is 14.3 Å². The molecule has 2 rings (SSSR count). The molecule has 1 heterocycles. The third kappa shape index (κ3) is 7.99. The van der Waals surface area contributed by atoms with Crippen LogP contribution in [0.2, 0.25) is 0 Å². The molecule has 1 aliphatic rings. The number of unbranched alkanes of at least 4 members (excludes halogenated alkanes) is 2. The van der Waals surface area contributed by atoms with Crippen LogP contribution in [0.1, 0.15) is 55.8 Å². The van der Waals surface area contributed by atoms with Crippen molar-refractivity contribution in [2.75, 3.05) is 38.6 Å². The number of likely N-dealkylation sites (tertiary alicyclic amines) is 1. The van der Waals surface area contributed by atoms with Crippen molar-refractivity contribution in [3.63, 3.8) is 0 Å². The van der Waals surface area contributed by atoms with Crippen molar-refractivity contribution in [2.24, 2.45) is 0 Å². The first-order chi connectivity index (χ1) is 13.1. The van der Waals surface area contributed by atoms with Crippen molar-refractivity contribution in [1.82, 2.24) is 4.90 Å². The summed E-state index contributed by atoms with van der Waals surface area (Å²) in [5.41, 5.74) is 1.57. The molecule has 0 radical (unpaired) electrons. The number of nitrogens with one attached hydrogen (secondary N) is 1. The molecule has 0 atom stereocenters. The number of benzene rings is 1. The van der Waals surface area contributed by atoms with Gasteiger partial charge >= 0.3 is 11.9 Å². The molecular weight excluding hydrogens is 344 g/mol. The van der Waals surface area contributed by atoms with Gasteiger partial charge in [-0.2, -0.15) is 0 Å². The molecular formula is C21H32N2O4. The lowest BCUT2D eigenvalue weighted by molar-refractivity contribution is -0.143. The standard InChI is InChI=1S/C21H32N2O4/c1-3-26-20(24)7-5-4-6-14-22-18-10-8-17(9-11-18)21(25)27-19-12-15-23(2)16-13-19/h8-11,19,22H,3-7,12-16H2,1-2H3. The van der Waals surface area contributed by atoms with Crippen LogP contribution in [-0.4, -0.2) is 56.2 Å². The number of anilines is 1. The molecule has 0 saturated carbocycles. The molecule has 6 nitrogen and oxygen atoms in total. The van der Waals surface area contributed by atoms with E-state index >= 15 is 0 Å². The second-order valence-corrected chi connectivity index (χ2v) is 7.03.